The molecule has 0 heterocycles. The zero-order valence-corrected chi connectivity index (χ0v) is 25.2. The number of phenolic OH excluding ortho intramolecular Hbond substituents is 1. The normalized spacial score (nSPS) is 13.4. The minimum Gasteiger partial charge on any atom is -0.508 e. The van der Waals surface area contributed by atoms with E-state index in [-0.39, 0.29) is 18.7 Å². The number of aromatic hydroxyl groups is 1. The third-order valence-corrected chi connectivity index (χ3v) is 6.69. The van der Waals surface area contributed by atoms with Gasteiger partial charge in [0.05, 0.1) is 7.11 Å². The second-order valence-electron chi connectivity index (χ2n) is 11.1. The molecule has 0 aliphatic heterocycles. The van der Waals surface area contributed by atoms with Crippen molar-refractivity contribution in [2.45, 2.75) is 85.0 Å². The Kier molecular flexibility index (Phi) is 11.7. The van der Waals surface area contributed by atoms with Gasteiger partial charge in [0.15, 0.2) is 0 Å². The van der Waals surface area contributed by atoms with Crippen LogP contribution in [0, 0.1) is 13.8 Å². The van der Waals surface area contributed by atoms with E-state index in [0.29, 0.717) is 17.5 Å². The molecule has 10 heteroatoms. The maximum Gasteiger partial charge on any atom is 0.408 e. The Labute approximate surface area is 242 Å². The Bertz CT molecular complexity index is 1220. The van der Waals surface area contributed by atoms with Crippen LogP contribution in [0.1, 0.15) is 69.3 Å². The van der Waals surface area contributed by atoms with Gasteiger partial charge in [-0.15, -0.1) is 0 Å². The molecule has 224 valence electrons. The van der Waals surface area contributed by atoms with Crippen molar-refractivity contribution in [3.8, 4) is 5.75 Å². The lowest BCUT2D eigenvalue weighted by molar-refractivity contribution is -0.146. The van der Waals surface area contributed by atoms with E-state index in [0.717, 1.165) is 11.1 Å². The Morgan fingerprint density at radius 3 is 2.17 bits per heavy atom. The number of methoxy groups -OCH3 is 1. The molecule has 3 N–H and O–H groups in total. The molecule has 2 rings (SSSR count). The molecule has 0 aliphatic carbocycles. The van der Waals surface area contributed by atoms with Gasteiger partial charge in [0.25, 0.3) is 0 Å². The van der Waals surface area contributed by atoms with Gasteiger partial charge in [-0.2, -0.15) is 0 Å². The first-order valence-corrected chi connectivity index (χ1v) is 13.7. The quantitative estimate of drug-likeness (QED) is 0.347. The summed E-state index contributed by atoms with van der Waals surface area (Å²) in [6.07, 6.45) is -0.193. The van der Waals surface area contributed by atoms with Crippen molar-refractivity contribution in [1.82, 2.24) is 15.5 Å². The molecular formula is C31H43N3O7. The summed E-state index contributed by atoms with van der Waals surface area (Å²) in [4.78, 5) is 54.3. The highest BCUT2D eigenvalue weighted by Gasteiger charge is 2.38. The summed E-state index contributed by atoms with van der Waals surface area (Å²) >= 11 is 0. The zero-order valence-electron chi connectivity index (χ0n) is 25.2. The maximum absolute atomic E-state index is 14.4. The molecular weight excluding hydrogens is 526 g/mol. The third kappa shape index (κ3) is 9.81. The molecule has 0 saturated heterocycles. The Balaban J connectivity index is 2.61. The number of nitrogens with one attached hydrogen (secondary N) is 2. The van der Waals surface area contributed by atoms with E-state index < -0.39 is 47.6 Å². The van der Waals surface area contributed by atoms with Gasteiger partial charge in [0, 0.05) is 12.5 Å². The first-order valence-electron chi connectivity index (χ1n) is 13.7. The van der Waals surface area contributed by atoms with Gasteiger partial charge in [0.1, 0.15) is 30.0 Å². The summed E-state index contributed by atoms with van der Waals surface area (Å²) in [6, 6.07) is 9.16. The highest BCUT2D eigenvalue weighted by Crippen LogP contribution is 2.28. The van der Waals surface area contributed by atoms with E-state index in [1.54, 1.807) is 39.0 Å². The molecule has 3 atom stereocenters. The highest BCUT2D eigenvalue weighted by molar-refractivity contribution is 5.93. The number of phenols is 1. The summed E-state index contributed by atoms with van der Waals surface area (Å²) in [5.41, 5.74) is 2.38. The van der Waals surface area contributed by atoms with Crippen molar-refractivity contribution in [2.24, 2.45) is 0 Å². The molecule has 0 saturated carbocycles. The molecule has 0 aliphatic rings. The van der Waals surface area contributed by atoms with Crippen molar-refractivity contribution < 1.29 is 33.8 Å². The number of benzene rings is 2. The van der Waals surface area contributed by atoms with Crippen LogP contribution in [0.5, 0.6) is 5.75 Å². The minimum absolute atomic E-state index is 0.0649. The number of ether oxygens (including phenoxy) is 2. The van der Waals surface area contributed by atoms with Crippen molar-refractivity contribution in [2.75, 3.05) is 13.7 Å². The summed E-state index contributed by atoms with van der Waals surface area (Å²) in [5.74, 6) is -1.63. The molecule has 0 radical (unpaired) electrons. The van der Waals surface area contributed by atoms with E-state index in [1.807, 2.05) is 39.8 Å². The number of rotatable bonds is 11. The van der Waals surface area contributed by atoms with Gasteiger partial charge >= 0.3 is 12.1 Å². The van der Waals surface area contributed by atoms with Gasteiger partial charge in [-0.1, -0.05) is 37.3 Å². The van der Waals surface area contributed by atoms with E-state index in [2.05, 4.69) is 15.4 Å². The van der Waals surface area contributed by atoms with Crippen LogP contribution < -0.4 is 10.6 Å². The average Bonchev–Trinajstić information content (AvgIpc) is 2.90. The second-order valence-corrected chi connectivity index (χ2v) is 11.1. The molecule has 41 heavy (non-hydrogen) atoms. The lowest BCUT2D eigenvalue weighted by atomic mass is 9.95. The fourth-order valence-corrected chi connectivity index (χ4v) is 4.19. The van der Waals surface area contributed by atoms with Gasteiger partial charge in [-0.3, -0.25) is 14.4 Å². The lowest BCUT2D eigenvalue weighted by Crippen LogP contribution is -2.56. The monoisotopic (exact) mass is 569 g/mol. The van der Waals surface area contributed by atoms with E-state index in [1.165, 1.54) is 24.1 Å². The molecule has 2 aromatic carbocycles. The van der Waals surface area contributed by atoms with Crippen LogP contribution in [0.3, 0.4) is 0 Å². The standard InChI is InChI=1S/C31H43N3O7/c1-9-21(4)34(27(28(37)32-18-26(36)40-8)23-13-10-19(2)20(3)16-23)29(38)25(33-30(39)41-31(5,6)7)17-22-11-14-24(35)15-12-22/h10-16,21,25,27,35H,9,17-18H2,1-8H3,(H,32,37)(H,33,39). The molecule has 0 fully saturated rings. The Morgan fingerprint density at radius 1 is 1.00 bits per heavy atom. The number of carbonyl (C=O) groups excluding carboxylic acids is 4. The van der Waals surface area contributed by atoms with Crippen molar-refractivity contribution >= 4 is 23.9 Å². The number of hydrogen-bond acceptors (Lipinski definition) is 7. The molecule has 2 aromatic rings. The largest absolute Gasteiger partial charge is 0.508 e. The summed E-state index contributed by atoms with van der Waals surface area (Å²) in [5, 5.41) is 15.0. The lowest BCUT2D eigenvalue weighted by Gasteiger charge is -2.38. The van der Waals surface area contributed by atoms with Gasteiger partial charge in [0.2, 0.25) is 11.8 Å². The Hall–Kier alpha value is -4.08. The van der Waals surface area contributed by atoms with E-state index in [4.69, 9.17) is 4.74 Å². The van der Waals surface area contributed by atoms with Gasteiger partial charge in [-0.05, 0) is 82.3 Å². The number of esters is 1. The highest BCUT2D eigenvalue weighted by atomic mass is 16.6. The average molecular weight is 570 g/mol. The van der Waals surface area contributed by atoms with Crippen LogP contribution in [-0.4, -0.2) is 65.2 Å². The zero-order chi connectivity index (χ0) is 30.9. The van der Waals surface area contributed by atoms with Crippen LogP contribution in [0.2, 0.25) is 0 Å². The van der Waals surface area contributed by atoms with Crippen LogP contribution in [0.15, 0.2) is 42.5 Å². The number of hydrogen-bond donors (Lipinski definition) is 3. The maximum atomic E-state index is 14.4. The first-order chi connectivity index (χ1) is 19.2. The van der Waals surface area contributed by atoms with Crippen LogP contribution in [0.25, 0.3) is 0 Å². The van der Waals surface area contributed by atoms with Gasteiger partial charge in [-0.25, -0.2) is 4.79 Å². The number of aryl methyl sites for hydroxylation is 2. The predicted molar refractivity (Wildman–Crippen MR) is 155 cm³/mol. The molecule has 0 spiro atoms. The molecule has 0 bridgehead atoms. The number of alkyl carbamates (subject to hydrolysis) is 1. The summed E-state index contributed by atoms with van der Waals surface area (Å²) in [6.45, 7) is 12.4. The van der Waals surface area contributed by atoms with E-state index >= 15 is 0 Å². The van der Waals surface area contributed by atoms with Crippen molar-refractivity contribution in [3.63, 3.8) is 0 Å². The predicted octanol–water partition coefficient (Wildman–Crippen LogP) is 4.10. The smallest absolute Gasteiger partial charge is 0.408 e. The fourth-order valence-electron chi connectivity index (χ4n) is 4.19. The fraction of sp³-hybridized carbons (Fsp3) is 0.484. The SMILES string of the molecule is CCC(C)N(C(=O)C(Cc1ccc(O)cc1)NC(=O)OC(C)(C)C)C(C(=O)NCC(=O)OC)c1ccc(C)c(C)c1. The van der Waals surface area contributed by atoms with E-state index in [9.17, 15) is 24.3 Å². The first kappa shape index (κ1) is 33.1. The van der Waals surface area contributed by atoms with Crippen molar-refractivity contribution in [1.29, 1.82) is 0 Å². The van der Waals surface area contributed by atoms with Crippen LogP contribution in [0.4, 0.5) is 4.79 Å². The topological polar surface area (TPSA) is 134 Å². The third-order valence-electron chi connectivity index (χ3n) is 6.69. The van der Waals surface area contributed by atoms with Crippen molar-refractivity contribution in [3.05, 3.63) is 64.7 Å². The minimum atomic E-state index is -1.11. The molecule has 10 nitrogen and oxygen atoms in total. The number of nitrogens with zero attached hydrogens (tertiary/aromatic N) is 1. The van der Waals surface area contributed by atoms with Crippen LogP contribution in [-0.2, 0) is 30.3 Å². The second kappa shape index (κ2) is 14.5. The molecule has 3 amide bonds. The number of carbonyl (C=O) groups is 4. The summed E-state index contributed by atoms with van der Waals surface area (Å²) < 4.78 is 10.1. The van der Waals surface area contributed by atoms with Crippen LogP contribution >= 0.6 is 0 Å². The number of amides is 3. The molecule has 3 unspecified atom stereocenters. The Morgan fingerprint density at radius 2 is 1.63 bits per heavy atom. The molecule has 0 aromatic heterocycles. The van der Waals surface area contributed by atoms with Gasteiger partial charge < -0.3 is 30.1 Å². The summed E-state index contributed by atoms with van der Waals surface area (Å²) in [7, 11) is 1.22.